The van der Waals surface area contributed by atoms with E-state index in [1.807, 2.05) is 66.7 Å². The van der Waals surface area contributed by atoms with Crippen LogP contribution in [-0.4, -0.2) is 26.7 Å². The van der Waals surface area contributed by atoms with Gasteiger partial charge in [0.05, 0.1) is 24.4 Å². The number of fused-ring (bicyclic) bond motifs is 2. The lowest BCUT2D eigenvalue weighted by Gasteiger charge is -2.25. The lowest BCUT2D eigenvalue weighted by molar-refractivity contribution is -0.140. The Balaban J connectivity index is 1.61. The van der Waals surface area contributed by atoms with E-state index >= 15 is 0 Å². The SMILES string of the molecule is O=C1C(=O)N(Cc2ccco2)C(c2cccc3ccccc23)/C1=C(\O)c1c[nH]c2ccccc12. The van der Waals surface area contributed by atoms with Crippen LogP contribution in [0.1, 0.15) is 22.9 Å². The molecule has 34 heavy (non-hydrogen) atoms. The molecule has 1 atom stereocenters. The zero-order valence-corrected chi connectivity index (χ0v) is 18.1. The van der Waals surface area contributed by atoms with Crippen LogP contribution in [0.4, 0.5) is 0 Å². The van der Waals surface area contributed by atoms with Crippen LogP contribution in [0, 0.1) is 0 Å². The van der Waals surface area contributed by atoms with Crippen molar-refractivity contribution in [3.8, 4) is 0 Å². The molecule has 0 bridgehead atoms. The number of aliphatic hydroxyl groups is 1. The number of hydrogen-bond donors (Lipinski definition) is 2. The van der Waals surface area contributed by atoms with Crippen molar-refractivity contribution in [2.75, 3.05) is 0 Å². The third-order valence-electron chi connectivity index (χ3n) is 6.41. The summed E-state index contributed by atoms with van der Waals surface area (Å²) < 4.78 is 5.49. The first kappa shape index (κ1) is 20.1. The molecular weight excluding hydrogens is 428 g/mol. The van der Waals surface area contributed by atoms with Gasteiger partial charge in [0.15, 0.2) is 0 Å². The summed E-state index contributed by atoms with van der Waals surface area (Å²) in [5.74, 6) is -1.03. The summed E-state index contributed by atoms with van der Waals surface area (Å²) >= 11 is 0. The first-order valence-corrected chi connectivity index (χ1v) is 11.0. The summed E-state index contributed by atoms with van der Waals surface area (Å²) in [6.07, 6.45) is 3.20. The zero-order valence-electron chi connectivity index (χ0n) is 18.1. The Bertz CT molecular complexity index is 1590. The van der Waals surface area contributed by atoms with Crippen molar-refractivity contribution in [1.82, 2.24) is 9.88 Å². The molecule has 0 aliphatic carbocycles. The lowest BCUT2D eigenvalue weighted by atomic mass is 9.91. The number of aliphatic hydroxyl groups excluding tert-OH is 1. The molecule has 1 fully saturated rings. The fraction of sp³-hybridized carbons (Fsp3) is 0.0714. The molecule has 0 spiro atoms. The Kier molecular flexibility index (Phi) is 4.59. The van der Waals surface area contributed by atoms with Gasteiger partial charge in [0.1, 0.15) is 11.5 Å². The van der Waals surface area contributed by atoms with Gasteiger partial charge in [-0.1, -0.05) is 60.7 Å². The van der Waals surface area contributed by atoms with Crippen molar-refractivity contribution in [2.45, 2.75) is 12.6 Å². The predicted octanol–water partition coefficient (Wildman–Crippen LogP) is 5.54. The van der Waals surface area contributed by atoms with E-state index < -0.39 is 17.7 Å². The quantitative estimate of drug-likeness (QED) is 0.215. The Morgan fingerprint density at radius 3 is 2.50 bits per heavy atom. The smallest absolute Gasteiger partial charge is 0.296 e. The van der Waals surface area contributed by atoms with E-state index in [9.17, 15) is 14.7 Å². The Labute approximate surface area is 194 Å². The molecular formula is C28H20N2O4. The van der Waals surface area contributed by atoms with E-state index in [0.29, 0.717) is 11.3 Å². The second-order valence-electron chi connectivity index (χ2n) is 8.32. The van der Waals surface area contributed by atoms with Gasteiger partial charge in [-0.05, 0) is 34.5 Å². The highest BCUT2D eigenvalue weighted by Gasteiger charge is 2.47. The van der Waals surface area contributed by atoms with Crippen LogP contribution >= 0.6 is 0 Å². The van der Waals surface area contributed by atoms with E-state index in [1.165, 1.54) is 11.2 Å². The second kappa shape index (κ2) is 7.78. The number of benzene rings is 3. The van der Waals surface area contributed by atoms with Gasteiger partial charge in [-0.3, -0.25) is 9.59 Å². The van der Waals surface area contributed by atoms with E-state index in [0.717, 1.165) is 27.2 Å². The second-order valence-corrected chi connectivity index (χ2v) is 8.32. The highest BCUT2D eigenvalue weighted by Crippen LogP contribution is 2.43. The molecule has 1 saturated heterocycles. The van der Waals surface area contributed by atoms with Crippen LogP contribution < -0.4 is 0 Å². The number of hydrogen-bond acceptors (Lipinski definition) is 4. The molecule has 3 aromatic carbocycles. The molecule has 0 radical (unpaired) electrons. The monoisotopic (exact) mass is 448 g/mol. The van der Waals surface area contributed by atoms with Crippen LogP contribution in [-0.2, 0) is 16.1 Å². The number of para-hydroxylation sites is 1. The Hall–Kier alpha value is -4.58. The topological polar surface area (TPSA) is 86.5 Å². The molecule has 1 aliphatic heterocycles. The van der Waals surface area contributed by atoms with Crippen molar-refractivity contribution >= 4 is 39.1 Å². The average Bonchev–Trinajstić information content (AvgIpc) is 3.59. The number of furan rings is 1. The number of ketones is 1. The molecule has 1 unspecified atom stereocenters. The van der Waals surface area contributed by atoms with Gasteiger partial charge in [-0.2, -0.15) is 0 Å². The minimum atomic E-state index is -0.773. The van der Waals surface area contributed by atoms with E-state index in [1.54, 1.807) is 18.3 Å². The van der Waals surface area contributed by atoms with Crippen LogP contribution in [0.5, 0.6) is 0 Å². The van der Waals surface area contributed by atoms with Gasteiger partial charge < -0.3 is 19.4 Å². The summed E-state index contributed by atoms with van der Waals surface area (Å²) in [7, 11) is 0. The summed E-state index contributed by atoms with van der Waals surface area (Å²) in [6.45, 7) is 0.107. The number of carbonyl (C=O) groups excluding carboxylic acids is 2. The van der Waals surface area contributed by atoms with E-state index in [-0.39, 0.29) is 17.9 Å². The van der Waals surface area contributed by atoms with Gasteiger partial charge >= 0.3 is 0 Å². The van der Waals surface area contributed by atoms with Gasteiger partial charge in [-0.25, -0.2) is 0 Å². The number of H-pyrrole nitrogens is 1. The molecule has 1 amide bonds. The van der Waals surface area contributed by atoms with Gasteiger partial charge in [0.25, 0.3) is 11.7 Å². The number of aromatic amines is 1. The molecule has 6 heteroatoms. The van der Waals surface area contributed by atoms with Crippen molar-refractivity contribution in [2.24, 2.45) is 0 Å². The van der Waals surface area contributed by atoms with E-state index in [2.05, 4.69) is 4.98 Å². The molecule has 2 aromatic heterocycles. The third-order valence-corrected chi connectivity index (χ3v) is 6.41. The first-order chi connectivity index (χ1) is 16.6. The zero-order chi connectivity index (χ0) is 23.2. The number of aromatic nitrogens is 1. The molecule has 0 saturated carbocycles. The Morgan fingerprint density at radius 2 is 1.68 bits per heavy atom. The number of nitrogens with zero attached hydrogens (tertiary/aromatic N) is 1. The lowest BCUT2D eigenvalue weighted by Crippen LogP contribution is -2.29. The number of nitrogens with one attached hydrogen (secondary N) is 1. The van der Waals surface area contributed by atoms with Gasteiger partial charge in [0.2, 0.25) is 0 Å². The maximum atomic E-state index is 13.4. The number of amides is 1. The highest BCUT2D eigenvalue weighted by atomic mass is 16.3. The fourth-order valence-corrected chi connectivity index (χ4v) is 4.84. The van der Waals surface area contributed by atoms with Crippen LogP contribution in [0.2, 0.25) is 0 Å². The van der Waals surface area contributed by atoms with Gasteiger partial charge in [0, 0.05) is 22.7 Å². The standard InChI is InChI=1S/C28H20N2O4/c31-26(22-15-29-23-13-4-3-11-20(22)23)24-25(21-12-5-8-17-7-1-2-10-19(17)21)30(28(33)27(24)32)16-18-9-6-14-34-18/h1-15,25,29,31H,16H2/b26-24+. The average molecular weight is 448 g/mol. The number of Topliss-reactive ketones (excluding diaryl/α,β-unsaturated/α-hetero) is 1. The summed E-state index contributed by atoms with van der Waals surface area (Å²) in [5, 5.41) is 14.1. The highest BCUT2D eigenvalue weighted by molar-refractivity contribution is 6.46. The minimum absolute atomic E-state index is 0.0673. The van der Waals surface area contributed by atoms with Crippen LogP contribution in [0.3, 0.4) is 0 Å². The molecule has 5 aromatic rings. The maximum absolute atomic E-state index is 13.4. The summed E-state index contributed by atoms with van der Waals surface area (Å²) in [6, 6.07) is 23.8. The molecule has 3 heterocycles. The summed E-state index contributed by atoms with van der Waals surface area (Å²) in [4.78, 5) is 31.3. The third kappa shape index (κ3) is 3.03. The molecule has 6 rings (SSSR count). The summed E-state index contributed by atoms with van der Waals surface area (Å²) in [5.41, 5.74) is 2.15. The van der Waals surface area contributed by atoms with Crippen molar-refractivity contribution in [1.29, 1.82) is 0 Å². The van der Waals surface area contributed by atoms with E-state index in [4.69, 9.17) is 4.42 Å². The first-order valence-electron chi connectivity index (χ1n) is 11.0. The molecule has 2 N–H and O–H groups in total. The molecule has 1 aliphatic rings. The van der Waals surface area contributed by atoms with Gasteiger partial charge in [-0.15, -0.1) is 0 Å². The maximum Gasteiger partial charge on any atom is 0.296 e. The van der Waals surface area contributed by atoms with Crippen molar-refractivity contribution in [3.63, 3.8) is 0 Å². The van der Waals surface area contributed by atoms with Crippen LogP contribution in [0.25, 0.3) is 27.4 Å². The number of likely N-dealkylation sites (tertiary alicyclic amines) is 1. The largest absolute Gasteiger partial charge is 0.507 e. The van der Waals surface area contributed by atoms with Crippen molar-refractivity contribution in [3.05, 3.63) is 114 Å². The molecule has 166 valence electrons. The Morgan fingerprint density at radius 1 is 0.912 bits per heavy atom. The minimum Gasteiger partial charge on any atom is -0.507 e. The van der Waals surface area contributed by atoms with Crippen molar-refractivity contribution < 1.29 is 19.1 Å². The number of carbonyl (C=O) groups is 2. The number of rotatable bonds is 4. The molecule has 6 nitrogen and oxygen atoms in total. The normalized spacial score (nSPS) is 17.8. The van der Waals surface area contributed by atoms with Crippen LogP contribution in [0.15, 0.2) is 101 Å². The predicted molar refractivity (Wildman–Crippen MR) is 129 cm³/mol. The fourth-order valence-electron chi connectivity index (χ4n) is 4.84.